The third kappa shape index (κ3) is 1.90. The molecule has 0 N–H and O–H groups in total. The summed E-state index contributed by atoms with van der Waals surface area (Å²) < 4.78 is 2.24. The van der Waals surface area contributed by atoms with E-state index >= 15 is 0 Å². The fourth-order valence-corrected chi connectivity index (χ4v) is 2.49. The van der Waals surface area contributed by atoms with Gasteiger partial charge in [-0.1, -0.05) is 6.58 Å². The minimum Gasteiger partial charge on any atom is -0.294 e. The number of fused-ring (bicyclic) bond motifs is 1. The zero-order valence-electron chi connectivity index (χ0n) is 8.86. The molecule has 0 aliphatic rings. The Labute approximate surface area is 102 Å². The van der Waals surface area contributed by atoms with Crippen LogP contribution >= 0.6 is 22.9 Å². The Morgan fingerprint density at radius 1 is 1.69 bits per heavy atom. The molecule has 2 heterocycles. The Balaban J connectivity index is 2.53. The monoisotopic (exact) mass is 254 g/mol. The van der Waals surface area contributed by atoms with Gasteiger partial charge in [-0.15, -0.1) is 22.9 Å². The van der Waals surface area contributed by atoms with Crippen LogP contribution in [0.4, 0.5) is 0 Å². The standard InChI is InChI=1S/C11H11ClN2OS/c1-7(3-12)4-14-6-13-9-8(2)5-16-10(9)11(14)15/h5-6H,1,3-4H2,2H3. The maximum absolute atomic E-state index is 12.0. The maximum atomic E-state index is 12.0. The van der Waals surface area contributed by atoms with Crippen LogP contribution in [-0.4, -0.2) is 15.4 Å². The van der Waals surface area contributed by atoms with Crippen LogP contribution in [0.2, 0.25) is 0 Å². The number of hydrogen-bond donors (Lipinski definition) is 0. The first-order chi connectivity index (χ1) is 7.63. The van der Waals surface area contributed by atoms with E-state index in [0.29, 0.717) is 17.1 Å². The Morgan fingerprint density at radius 3 is 3.12 bits per heavy atom. The fraction of sp³-hybridized carbons (Fsp3) is 0.273. The largest absolute Gasteiger partial charge is 0.294 e. The minimum atomic E-state index is -0.0191. The molecule has 0 unspecified atom stereocenters. The predicted octanol–water partition coefficient (Wildman–Crippen LogP) is 2.56. The lowest BCUT2D eigenvalue weighted by molar-refractivity contribution is 0.741. The number of aromatic nitrogens is 2. The molecule has 0 aromatic carbocycles. The van der Waals surface area contributed by atoms with E-state index in [0.717, 1.165) is 16.7 Å². The molecule has 2 rings (SSSR count). The molecule has 2 aromatic rings. The number of rotatable bonds is 3. The highest BCUT2D eigenvalue weighted by molar-refractivity contribution is 7.17. The van der Waals surface area contributed by atoms with E-state index in [1.54, 1.807) is 10.9 Å². The number of halogens is 1. The zero-order valence-corrected chi connectivity index (χ0v) is 10.4. The first-order valence-electron chi connectivity index (χ1n) is 4.79. The molecule has 0 fully saturated rings. The van der Waals surface area contributed by atoms with Gasteiger partial charge >= 0.3 is 0 Å². The molecule has 3 nitrogen and oxygen atoms in total. The average Bonchev–Trinajstić information content (AvgIpc) is 2.65. The SMILES string of the molecule is C=C(CCl)Cn1cnc2c(C)csc2c1=O. The summed E-state index contributed by atoms with van der Waals surface area (Å²) in [6.07, 6.45) is 1.56. The van der Waals surface area contributed by atoms with Gasteiger partial charge in [-0.05, 0) is 23.4 Å². The molecule has 2 aromatic heterocycles. The molecule has 84 valence electrons. The molecule has 0 aliphatic carbocycles. The first-order valence-corrected chi connectivity index (χ1v) is 6.20. The van der Waals surface area contributed by atoms with Crippen molar-refractivity contribution in [1.29, 1.82) is 0 Å². The number of hydrogen-bond acceptors (Lipinski definition) is 3. The van der Waals surface area contributed by atoms with Crippen molar-refractivity contribution in [3.8, 4) is 0 Å². The lowest BCUT2D eigenvalue weighted by Crippen LogP contribution is -2.20. The number of alkyl halides is 1. The molecule has 16 heavy (non-hydrogen) atoms. The van der Waals surface area contributed by atoms with Gasteiger partial charge in [0.2, 0.25) is 0 Å². The molecule has 0 atom stereocenters. The Morgan fingerprint density at radius 2 is 2.44 bits per heavy atom. The highest BCUT2D eigenvalue weighted by atomic mass is 35.5. The molecule has 0 amide bonds. The molecular formula is C11H11ClN2OS. The number of nitrogens with zero attached hydrogens (tertiary/aromatic N) is 2. The first kappa shape index (κ1) is 11.4. The summed E-state index contributed by atoms with van der Waals surface area (Å²) in [5.74, 6) is 0.355. The van der Waals surface area contributed by atoms with E-state index in [1.807, 2.05) is 12.3 Å². The summed E-state index contributed by atoms with van der Waals surface area (Å²) >= 11 is 7.07. The van der Waals surface area contributed by atoms with Crippen molar-refractivity contribution in [1.82, 2.24) is 9.55 Å². The van der Waals surface area contributed by atoms with Crippen molar-refractivity contribution >= 4 is 33.2 Å². The third-order valence-electron chi connectivity index (χ3n) is 2.31. The Kier molecular flexibility index (Phi) is 3.12. The highest BCUT2D eigenvalue weighted by Crippen LogP contribution is 2.19. The second kappa shape index (κ2) is 4.39. The van der Waals surface area contributed by atoms with Crippen LogP contribution in [0.3, 0.4) is 0 Å². The predicted molar refractivity (Wildman–Crippen MR) is 68.5 cm³/mol. The van der Waals surface area contributed by atoms with Gasteiger partial charge in [0, 0.05) is 12.4 Å². The van der Waals surface area contributed by atoms with Gasteiger partial charge in [0.15, 0.2) is 0 Å². The third-order valence-corrected chi connectivity index (χ3v) is 3.76. The molecule has 0 radical (unpaired) electrons. The lowest BCUT2D eigenvalue weighted by atomic mass is 10.3. The van der Waals surface area contributed by atoms with Crippen LogP contribution in [0, 0.1) is 6.92 Å². The Bertz CT molecular complexity index is 600. The average molecular weight is 255 g/mol. The van der Waals surface area contributed by atoms with Crippen molar-refractivity contribution in [3.63, 3.8) is 0 Å². The molecule has 0 aliphatic heterocycles. The summed E-state index contributed by atoms with van der Waals surface area (Å²) in [5, 5.41) is 1.94. The van der Waals surface area contributed by atoms with Gasteiger partial charge in [-0.2, -0.15) is 0 Å². The van der Waals surface area contributed by atoms with E-state index in [2.05, 4.69) is 11.6 Å². The van der Waals surface area contributed by atoms with Gasteiger partial charge in [-0.3, -0.25) is 9.36 Å². The van der Waals surface area contributed by atoms with Gasteiger partial charge in [-0.25, -0.2) is 4.98 Å². The number of allylic oxidation sites excluding steroid dienone is 1. The van der Waals surface area contributed by atoms with E-state index in [1.165, 1.54) is 11.3 Å². The van der Waals surface area contributed by atoms with Crippen molar-refractivity contribution < 1.29 is 0 Å². The van der Waals surface area contributed by atoms with Crippen molar-refractivity contribution in [2.24, 2.45) is 0 Å². The van der Waals surface area contributed by atoms with E-state index in [4.69, 9.17) is 11.6 Å². The topological polar surface area (TPSA) is 34.9 Å². The molecule has 0 saturated carbocycles. The summed E-state index contributed by atoms with van der Waals surface area (Å²) in [5.41, 5.74) is 2.62. The van der Waals surface area contributed by atoms with Crippen molar-refractivity contribution in [2.75, 3.05) is 5.88 Å². The molecule has 5 heteroatoms. The fourth-order valence-electron chi connectivity index (χ4n) is 1.46. The summed E-state index contributed by atoms with van der Waals surface area (Å²) in [6, 6.07) is 0. The Hall–Kier alpha value is -1.13. The molecular weight excluding hydrogens is 244 g/mol. The maximum Gasteiger partial charge on any atom is 0.271 e. The van der Waals surface area contributed by atoms with Gasteiger partial charge in [0.05, 0.1) is 11.8 Å². The number of aryl methyl sites for hydroxylation is 1. The van der Waals surface area contributed by atoms with Crippen LogP contribution < -0.4 is 5.56 Å². The lowest BCUT2D eigenvalue weighted by Gasteiger charge is -2.05. The highest BCUT2D eigenvalue weighted by Gasteiger charge is 2.08. The normalized spacial score (nSPS) is 10.9. The smallest absolute Gasteiger partial charge is 0.271 e. The summed E-state index contributed by atoms with van der Waals surface area (Å²) in [7, 11) is 0. The second-order valence-electron chi connectivity index (χ2n) is 3.66. The summed E-state index contributed by atoms with van der Waals surface area (Å²) in [4.78, 5) is 16.3. The molecule has 0 spiro atoms. The van der Waals surface area contributed by atoms with Crippen molar-refractivity contribution in [2.45, 2.75) is 13.5 Å². The molecule has 0 saturated heterocycles. The minimum absolute atomic E-state index is 0.0191. The zero-order chi connectivity index (χ0) is 11.7. The van der Waals surface area contributed by atoms with Gasteiger partial charge in [0.1, 0.15) is 4.70 Å². The van der Waals surface area contributed by atoms with Crippen LogP contribution in [0.5, 0.6) is 0 Å². The van der Waals surface area contributed by atoms with Crippen LogP contribution in [0.15, 0.2) is 28.7 Å². The van der Waals surface area contributed by atoms with Gasteiger partial charge in [0.25, 0.3) is 5.56 Å². The number of thiophene rings is 1. The second-order valence-corrected chi connectivity index (χ2v) is 4.80. The quantitative estimate of drug-likeness (QED) is 0.623. The van der Waals surface area contributed by atoms with Crippen molar-refractivity contribution in [3.05, 3.63) is 39.8 Å². The van der Waals surface area contributed by atoms with Crippen LogP contribution in [0.1, 0.15) is 5.56 Å². The van der Waals surface area contributed by atoms with Gasteiger partial charge < -0.3 is 0 Å². The van der Waals surface area contributed by atoms with E-state index < -0.39 is 0 Å². The van der Waals surface area contributed by atoms with Crippen LogP contribution in [-0.2, 0) is 6.54 Å². The van der Waals surface area contributed by atoms with E-state index in [-0.39, 0.29) is 5.56 Å². The summed E-state index contributed by atoms with van der Waals surface area (Å²) in [6.45, 7) is 6.16. The van der Waals surface area contributed by atoms with Crippen LogP contribution in [0.25, 0.3) is 10.2 Å². The molecule has 0 bridgehead atoms. The van der Waals surface area contributed by atoms with E-state index in [9.17, 15) is 4.79 Å².